The molecular formula is C20H27BN2O4. The van der Waals surface area contributed by atoms with Gasteiger partial charge in [0.05, 0.1) is 11.2 Å². The first-order valence-corrected chi connectivity index (χ1v) is 9.65. The number of likely N-dealkylation sites (N-methyl/N-ethyl adjacent to an activating group) is 1. The molecule has 2 fully saturated rings. The van der Waals surface area contributed by atoms with Gasteiger partial charge in [0, 0.05) is 25.7 Å². The summed E-state index contributed by atoms with van der Waals surface area (Å²) in [6.07, 6.45) is 1.65. The Labute approximate surface area is 160 Å². The van der Waals surface area contributed by atoms with E-state index in [1.807, 2.05) is 45.9 Å². The first-order chi connectivity index (χ1) is 12.6. The Morgan fingerprint density at radius 1 is 1.11 bits per heavy atom. The van der Waals surface area contributed by atoms with Crippen molar-refractivity contribution in [2.24, 2.45) is 0 Å². The summed E-state index contributed by atoms with van der Waals surface area (Å²) in [6, 6.07) is 5.44. The topological polar surface area (TPSA) is 59.1 Å². The van der Waals surface area contributed by atoms with Gasteiger partial charge in [-0.05, 0) is 57.6 Å². The van der Waals surface area contributed by atoms with Crippen molar-refractivity contribution in [1.82, 2.24) is 9.80 Å². The molecule has 4 rings (SSSR count). The molecule has 3 heterocycles. The van der Waals surface area contributed by atoms with Gasteiger partial charge in [-0.15, -0.1) is 0 Å². The summed E-state index contributed by atoms with van der Waals surface area (Å²) in [5, 5.41) is 0. The van der Waals surface area contributed by atoms with E-state index in [1.165, 1.54) is 0 Å². The fourth-order valence-electron chi connectivity index (χ4n) is 4.02. The standard InChI is InChI=1S/C20H27BN2O4/c1-19(2)20(3,4)27-21(26-19)14-9-8-13-12-23(17(24)15(13)11-14)16-7-6-10-22(5)18(16)25/h8-9,11,16H,6-7,10,12H2,1-5H3. The van der Waals surface area contributed by atoms with Crippen LogP contribution >= 0.6 is 0 Å². The van der Waals surface area contributed by atoms with Gasteiger partial charge in [-0.2, -0.15) is 0 Å². The molecule has 0 N–H and O–H groups in total. The maximum Gasteiger partial charge on any atom is 0.494 e. The average molecular weight is 370 g/mol. The van der Waals surface area contributed by atoms with Gasteiger partial charge in [-0.1, -0.05) is 12.1 Å². The third-order valence-electron chi connectivity index (χ3n) is 6.50. The van der Waals surface area contributed by atoms with Crippen LogP contribution in [0, 0.1) is 0 Å². The lowest BCUT2D eigenvalue weighted by Crippen LogP contribution is -2.51. The molecule has 0 spiro atoms. The van der Waals surface area contributed by atoms with Crippen LogP contribution in [0.15, 0.2) is 18.2 Å². The smallest absolute Gasteiger partial charge is 0.399 e. The molecule has 1 atom stereocenters. The summed E-state index contributed by atoms with van der Waals surface area (Å²) in [7, 11) is 1.31. The van der Waals surface area contributed by atoms with Crippen molar-refractivity contribution in [3.05, 3.63) is 29.3 Å². The third-order valence-corrected chi connectivity index (χ3v) is 6.50. The summed E-state index contributed by atoms with van der Waals surface area (Å²) in [4.78, 5) is 29.0. The summed E-state index contributed by atoms with van der Waals surface area (Å²) in [6.45, 7) is 9.30. The number of rotatable bonds is 2. The first-order valence-electron chi connectivity index (χ1n) is 9.65. The Hall–Kier alpha value is -1.86. The minimum Gasteiger partial charge on any atom is -0.399 e. The lowest BCUT2D eigenvalue weighted by Gasteiger charge is -2.34. The Kier molecular flexibility index (Phi) is 4.16. The van der Waals surface area contributed by atoms with Gasteiger partial charge in [0.25, 0.3) is 5.91 Å². The van der Waals surface area contributed by atoms with Crippen LogP contribution in [0.5, 0.6) is 0 Å². The monoisotopic (exact) mass is 370 g/mol. The summed E-state index contributed by atoms with van der Waals surface area (Å²) in [5.74, 6) is -0.0365. The van der Waals surface area contributed by atoms with Crippen LogP contribution in [0.4, 0.5) is 0 Å². The molecule has 0 saturated carbocycles. The fraction of sp³-hybridized carbons (Fsp3) is 0.600. The van der Waals surface area contributed by atoms with Crippen LogP contribution < -0.4 is 5.46 Å². The van der Waals surface area contributed by atoms with Gasteiger partial charge < -0.3 is 19.1 Å². The molecule has 0 aliphatic carbocycles. The normalized spacial score (nSPS) is 26.7. The molecule has 1 aromatic carbocycles. The second kappa shape index (κ2) is 6.07. The molecule has 27 heavy (non-hydrogen) atoms. The van der Waals surface area contributed by atoms with E-state index in [9.17, 15) is 9.59 Å². The molecule has 1 aromatic rings. The third kappa shape index (κ3) is 2.88. The van der Waals surface area contributed by atoms with Crippen molar-refractivity contribution in [2.75, 3.05) is 13.6 Å². The average Bonchev–Trinajstić information content (AvgIpc) is 3.03. The van der Waals surface area contributed by atoms with Crippen LogP contribution in [-0.2, 0) is 20.6 Å². The van der Waals surface area contributed by atoms with Gasteiger partial charge in [-0.25, -0.2) is 0 Å². The Bertz CT molecular complexity index is 791. The summed E-state index contributed by atoms with van der Waals surface area (Å²) < 4.78 is 12.2. The highest BCUT2D eigenvalue weighted by molar-refractivity contribution is 6.62. The number of carbonyl (C=O) groups excluding carboxylic acids is 2. The van der Waals surface area contributed by atoms with Gasteiger partial charge >= 0.3 is 7.12 Å². The van der Waals surface area contributed by atoms with E-state index in [1.54, 1.807) is 16.8 Å². The minimum absolute atomic E-state index is 0.0357. The Morgan fingerprint density at radius 2 is 1.78 bits per heavy atom. The van der Waals surface area contributed by atoms with E-state index in [4.69, 9.17) is 9.31 Å². The number of benzene rings is 1. The van der Waals surface area contributed by atoms with Crippen molar-refractivity contribution in [2.45, 2.75) is 64.3 Å². The maximum absolute atomic E-state index is 13.0. The zero-order chi connectivity index (χ0) is 19.6. The molecule has 6 nitrogen and oxygen atoms in total. The number of likely N-dealkylation sites (tertiary alicyclic amines) is 1. The quantitative estimate of drug-likeness (QED) is 0.742. The van der Waals surface area contributed by atoms with Crippen molar-refractivity contribution in [3.8, 4) is 0 Å². The van der Waals surface area contributed by atoms with E-state index in [0.717, 1.165) is 30.4 Å². The number of hydrogen-bond acceptors (Lipinski definition) is 4. The molecule has 3 aliphatic rings. The predicted molar refractivity (Wildman–Crippen MR) is 103 cm³/mol. The SMILES string of the molecule is CN1CCCC(N2Cc3ccc(B4OC(C)(C)C(C)(C)O4)cc3C2=O)C1=O. The minimum atomic E-state index is -0.496. The number of carbonyl (C=O) groups is 2. The highest BCUT2D eigenvalue weighted by Crippen LogP contribution is 2.37. The molecule has 3 aliphatic heterocycles. The van der Waals surface area contributed by atoms with Gasteiger partial charge in [0.2, 0.25) is 5.91 Å². The predicted octanol–water partition coefficient (Wildman–Crippen LogP) is 1.56. The number of amides is 2. The molecular weight excluding hydrogens is 343 g/mol. The molecule has 2 amide bonds. The molecule has 144 valence electrons. The zero-order valence-electron chi connectivity index (χ0n) is 16.7. The summed E-state index contributed by atoms with van der Waals surface area (Å²) in [5.41, 5.74) is 1.61. The van der Waals surface area contributed by atoms with Crippen molar-refractivity contribution in [1.29, 1.82) is 0 Å². The molecule has 7 heteroatoms. The van der Waals surface area contributed by atoms with Crippen molar-refractivity contribution >= 4 is 24.4 Å². The Morgan fingerprint density at radius 3 is 2.44 bits per heavy atom. The van der Waals surface area contributed by atoms with Gasteiger partial charge in [0.1, 0.15) is 6.04 Å². The van der Waals surface area contributed by atoms with E-state index in [0.29, 0.717) is 12.1 Å². The number of fused-ring (bicyclic) bond motifs is 1. The first kappa shape index (κ1) is 18.5. The number of hydrogen-bond donors (Lipinski definition) is 0. The van der Waals surface area contributed by atoms with Crippen LogP contribution in [-0.4, -0.2) is 59.6 Å². The highest BCUT2D eigenvalue weighted by atomic mass is 16.7. The second-order valence-electron chi connectivity index (χ2n) is 8.86. The van der Waals surface area contributed by atoms with Crippen LogP contribution in [0.1, 0.15) is 56.5 Å². The molecule has 0 radical (unpaired) electrons. The van der Waals surface area contributed by atoms with Crippen LogP contribution in [0.3, 0.4) is 0 Å². The van der Waals surface area contributed by atoms with Gasteiger partial charge in [-0.3, -0.25) is 9.59 Å². The fourth-order valence-corrected chi connectivity index (χ4v) is 4.02. The van der Waals surface area contributed by atoms with E-state index >= 15 is 0 Å². The lowest BCUT2D eigenvalue weighted by molar-refractivity contribution is -0.137. The van der Waals surface area contributed by atoms with Crippen molar-refractivity contribution < 1.29 is 18.9 Å². The molecule has 0 bridgehead atoms. The maximum atomic E-state index is 13.0. The van der Waals surface area contributed by atoms with E-state index in [2.05, 4.69) is 0 Å². The highest BCUT2D eigenvalue weighted by Gasteiger charge is 2.52. The number of nitrogens with zero attached hydrogens (tertiary/aromatic N) is 2. The van der Waals surface area contributed by atoms with Crippen molar-refractivity contribution in [3.63, 3.8) is 0 Å². The Balaban J connectivity index is 1.58. The molecule has 1 unspecified atom stereocenters. The number of piperidine rings is 1. The van der Waals surface area contributed by atoms with E-state index in [-0.39, 0.29) is 17.9 Å². The largest absolute Gasteiger partial charge is 0.494 e. The zero-order valence-corrected chi connectivity index (χ0v) is 16.7. The summed E-state index contributed by atoms with van der Waals surface area (Å²) >= 11 is 0. The van der Waals surface area contributed by atoms with Crippen LogP contribution in [0.25, 0.3) is 0 Å². The second-order valence-corrected chi connectivity index (χ2v) is 8.86. The molecule has 2 saturated heterocycles. The van der Waals surface area contributed by atoms with Gasteiger partial charge in [0.15, 0.2) is 0 Å². The molecule has 0 aromatic heterocycles. The van der Waals surface area contributed by atoms with E-state index < -0.39 is 18.3 Å². The lowest BCUT2D eigenvalue weighted by atomic mass is 9.78. The van der Waals surface area contributed by atoms with Crippen LogP contribution in [0.2, 0.25) is 0 Å².